The molecule has 0 aliphatic heterocycles. The van der Waals surface area contributed by atoms with Gasteiger partial charge in [0.25, 0.3) is 5.92 Å². The number of nitrogens with zero attached hydrogens (tertiary/aromatic N) is 1. The van der Waals surface area contributed by atoms with E-state index in [2.05, 4.69) is 20.9 Å². The Bertz CT molecular complexity index is 332. The summed E-state index contributed by atoms with van der Waals surface area (Å²) in [6.45, 7) is -0.709. The first kappa shape index (κ1) is 11.5. The quantitative estimate of drug-likeness (QED) is 0.856. The van der Waals surface area contributed by atoms with Gasteiger partial charge in [0.15, 0.2) is 0 Å². The summed E-state index contributed by atoms with van der Waals surface area (Å²) in [6, 6.07) is 0.956. The molecule has 0 radical (unpaired) electrons. The highest BCUT2D eigenvalue weighted by Gasteiger charge is 2.34. The van der Waals surface area contributed by atoms with Gasteiger partial charge in [-0.3, -0.25) is 0 Å². The second-order valence-corrected chi connectivity index (χ2v) is 3.59. The molecule has 0 unspecified atom stereocenters. The van der Waals surface area contributed by atoms with Crippen molar-refractivity contribution in [3.8, 4) is 0 Å². The Morgan fingerprint density at radius 2 is 2.14 bits per heavy atom. The van der Waals surface area contributed by atoms with E-state index in [-0.39, 0.29) is 4.47 Å². The minimum atomic E-state index is -3.39. The summed E-state index contributed by atoms with van der Waals surface area (Å²) >= 11 is 2.91. The van der Waals surface area contributed by atoms with Crippen LogP contribution in [0.2, 0.25) is 0 Å². The Balaban J connectivity index is 3.10. The van der Waals surface area contributed by atoms with Gasteiger partial charge >= 0.3 is 0 Å². The summed E-state index contributed by atoms with van der Waals surface area (Å²) in [7, 11) is 0. The Morgan fingerprint density at radius 3 is 2.71 bits per heavy atom. The van der Waals surface area contributed by atoms with Crippen LogP contribution in [-0.4, -0.2) is 16.7 Å². The van der Waals surface area contributed by atoms with E-state index in [4.69, 9.17) is 5.11 Å². The maximum atomic E-state index is 13.1. The lowest BCUT2D eigenvalue weighted by Crippen LogP contribution is -2.17. The topological polar surface area (TPSA) is 33.1 Å². The molecular weight excluding hydrogens is 263 g/mol. The van der Waals surface area contributed by atoms with Gasteiger partial charge in [-0.25, -0.2) is 13.8 Å². The summed E-state index contributed by atoms with van der Waals surface area (Å²) in [5.41, 5.74) is -0.805. The van der Waals surface area contributed by atoms with E-state index >= 15 is 0 Å². The molecule has 1 heterocycles. The zero-order valence-electron chi connectivity index (χ0n) is 6.98. The fraction of sp³-hybridized carbons (Fsp3) is 0.375. The van der Waals surface area contributed by atoms with E-state index in [1.165, 1.54) is 0 Å². The Kier molecular flexibility index (Phi) is 3.49. The molecular formula is C8H7BrF3NO. The summed E-state index contributed by atoms with van der Waals surface area (Å²) in [4.78, 5) is 3.15. The van der Waals surface area contributed by atoms with Crippen LogP contribution in [0.4, 0.5) is 13.2 Å². The van der Waals surface area contributed by atoms with Crippen LogP contribution in [0.25, 0.3) is 0 Å². The van der Waals surface area contributed by atoms with E-state index in [1.54, 1.807) is 0 Å². The van der Waals surface area contributed by atoms with Crippen LogP contribution >= 0.6 is 15.9 Å². The molecule has 2 nitrogen and oxygen atoms in total. The molecule has 0 aromatic carbocycles. The Hall–Kier alpha value is -0.620. The van der Waals surface area contributed by atoms with Crippen molar-refractivity contribution in [3.63, 3.8) is 0 Å². The van der Waals surface area contributed by atoms with Crippen molar-refractivity contribution in [3.05, 3.63) is 28.2 Å². The summed E-state index contributed by atoms with van der Waals surface area (Å²) < 4.78 is 39.4. The lowest BCUT2D eigenvalue weighted by molar-refractivity contribution is -0.0306. The van der Waals surface area contributed by atoms with Gasteiger partial charge in [0.1, 0.15) is 0 Å². The second kappa shape index (κ2) is 4.27. The van der Waals surface area contributed by atoms with Crippen LogP contribution in [-0.2, 0) is 5.92 Å². The molecule has 0 saturated heterocycles. The molecule has 0 aliphatic carbocycles. The van der Waals surface area contributed by atoms with Crippen LogP contribution in [0.5, 0.6) is 0 Å². The van der Waals surface area contributed by atoms with Crippen LogP contribution in [0.15, 0.2) is 16.7 Å². The SMILES string of the molecule is OCCC(F)(F)c1cc(Br)cnc1F. The van der Waals surface area contributed by atoms with Crippen molar-refractivity contribution in [2.75, 3.05) is 6.61 Å². The second-order valence-electron chi connectivity index (χ2n) is 2.67. The first-order chi connectivity index (χ1) is 6.47. The molecule has 0 saturated carbocycles. The number of halogens is 4. The summed E-state index contributed by atoms with van der Waals surface area (Å²) in [5.74, 6) is -4.61. The van der Waals surface area contributed by atoms with Crippen LogP contribution in [0.1, 0.15) is 12.0 Å². The van der Waals surface area contributed by atoms with E-state index < -0.39 is 30.5 Å². The molecule has 6 heteroatoms. The third kappa shape index (κ3) is 2.45. The largest absolute Gasteiger partial charge is 0.396 e. The molecule has 0 amide bonds. The van der Waals surface area contributed by atoms with E-state index in [1.807, 2.05) is 0 Å². The number of aliphatic hydroxyl groups excluding tert-OH is 1. The molecule has 0 spiro atoms. The molecule has 1 N–H and O–H groups in total. The number of rotatable bonds is 3. The highest BCUT2D eigenvalue weighted by molar-refractivity contribution is 9.10. The molecule has 78 valence electrons. The van der Waals surface area contributed by atoms with Gasteiger partial charge in [-0.15, -0.1) is 0 Å². The number of hydrogen-bond acceptors (Lipinski definition) is 2. The molecule has 0 atom stereocenters. The number of aliphatic hydroxyl groups is 1. The number of aromatic nitrogens is 1. The lowest BCUT2D eigenvalue weighted by atomic mass is 10.1. The minimum absolute atomic E-state index is 0.270. The first-order valence-electron chi connectivity index (χ1n) is 3.77. The molecule has 1 rings (SSSR count). The number of alkyl halides is 2. The zero-order chi connectivity index (χ0) is 10.8. The Morgan fingerprint density at radius 1 is 1.50 bits per heavy atom. The van der Waals surface area contributed by atoms with E-state index in [9.17, 15) is 13.2 Å². The highest BCUT2D eigenvalue weighted by Crippen LogP contribution is 2.33. The third-order valence-electron chi connectivity index (χ3n) is 1.63. The van der Waals surface area contributed by atoms with Gasteiger partial charge < -0.3 is 5.11 Å². The minimum Gasteiger partial charge on any atom is -0.396 e. The van der Waals surface area contributed by atoms with Gasteiger partial charge in [-0.2, -0.15) is 4.39 Å². The third-order valence-corrected chi connectivity index (χ3v) is 2.06. The van der Waals surface area contributed by atoms with Crippen LogP contribution < -0.4 is 0 Å². The number of pyridine rings is 1. The highest BCUT2D eigenvalue weighted by atomic mass is 79.9. The van der Waals surface area contributed by atoms with Crippen LogP contribution in [0, 0.1) is 5.95 Å². The standard InChI is InChI=1S/C8H7BrF3NO/c9-5-3-6(7(10)13-4-5)8(11,12)1-2-14/h3-4,14H,1-2H2. The molecule has 0 bridgehead atoms. The van der Waals surface area contributed by atoms with Gasteiger partial charge in [0.2, 0.25) is 5.95 Å². The maximum Gasteiger partial charge on any atom is 0.279 e. The zero-order valence-corrected chi connectivity index (χ0v) is 8.56. The fourth-order valence-corrected chi connectivity index (χ4v) is 1.29. The molecule has 1 aromatic rings. The van der Waals surface area contributed by atoms with Crippen molar-refractivity contribution >= 4 is 15.9 Å². The smallest absolute Gasteiger partial charge is 0.279 e. The molecule has 0 aliphatic rings. The van der Waals surface area contributed by atoms with Crippen molar-refractivity contribution in [2.24, 2.45) is 0 Å². The average molecular weight is 270 g/mol. The summed E-state index contributed by atoms with van der Waals surface area (Å²) in [5, 5.41) is 8.39. The van der Waals surface area contributed by atoms with Gasteiger partial charge in [0, 0.05) is 23.7 Å². The van der Waals surface area contributed by atoms with Crippen molar-refractivity contribution in [2.45, 2.75) is 12.3 Å². The van der Waals surface area contributed by atoms with E-state index in [0.29, 0.717) is 0 Å². The van der Waals surface area contributed by atoms with Crippen molar-refractivity contribution in [1.82, 2.24) is 4.98 Å². The van der Waals surface area contributed by atoms with E-state index in [0.717, 1.165) is 12.3 Å². The molecule has 1 aromatic heterocycles. The van der Waals surface area contributed by atoms with Crippen LogP contribution in [0.3, 0.4) is 0 Å². The predicted octanol–water partition coefficient (Wildman–Crippen LogP) is 2.46. The summed E-state index contributed by atoms with van der Waals surface area (Å²) in [6.07, 6.45) is 0.274. The van der Waals surface area contributed by atoms with Gasteiger partial charge in [-0.05, 0) is 22.0 Å². The number of hydrogen-bond donors (Lipinski definition) is 1. The lowest BCUT2D eigenvalue weighted by Gasteiger charge is -2.15. The van der Waals surface area contributed by atoms with Crippen molar-refractivity contribution in [1.29, 1.82) is 0 Å². The monoisotopic (exact) mass is 269 g/mol. The molecule has 0 fully saturated rings. The van der Waals surface area contributed by atoms with Gasteiger partial charge in [0.05, 0.1) is 5.56 Å². The predicted molar refractivity (Wildman–Crippen MR) is 47.5 cm³/mol. The average Bonchev–Trinajstić information content (AvgIpc) is 2.09. The first-order valence-corrected chi connectivity index (χ1v) is 4.57. The maximum absolute atomic E-state index is 13.1. The van der Waals surface area contributed by atoms with Crippen molar-refractivity contribution < 1.29 is 18.3 Å². The normalized spacial score (nSPS) is 11.8. The molecule has 14 heavy (non-hydrogen) atoms. The van der Waals surface area contributed by atoms with Gasteiger partial charge in [-0.1, -0.05) is 0 Å². The Labute approximate surface area is 86.9 Å². The fourth-order valence-electron chi connectivity index (χ4n) is 0.954.